The molecule has 7 heteroatoms. The van der Waals surface area contributed by atoms with Crippen molar-refractivity contribution in [3.05, 3.63) is 77.9 Å². The summed E-state index contributed by atoms with van der Waals surface area (Å²) >= 11 is 0. The van der Waals surface area contributed by atoms with E-state index in [4.69, 9.17) is 9.47 Å². The Bertz CT molecular complexity index is 1070. The first-order valence-corrected chi connectivity index (χ1v) is 11.3. The Labute approximate surface area is 200 Å². The van der Waals surface area contributed by atoms with Crippen LogP contribution in [0.3, 0.4) is 0 Å². The van der Waals surface area contributed by atoms with Crippen LogP contribution >= 0.6 is 0 Å². The number of rotatable bonds is 10. The zero-order chi connectivity index (χ0) is 24.8. The molecular weight excluding hydrogens is 432 g/mol. The summed E-state index contributed by atoms with van der Waals surface area (Å²) in [6.45, 7) is 8.74. The predicted octanol–water partition coefficient (Wildman–Crippen LogP) is 4.02. The first-order chi connectivity index (χ1) is 16.2. The first kappa shape index (κ1) is 25.1. The minimum Gasteiger partial charge on any atom is -0.507 e. The number of hydrogen-bond donors (Lipinski definition) is 1. The van der Waals surface area contributed by atoms with Gasteiger partial charge in [-0.05, 0) is 69.9 Å². The molecule has 0 bridgehead atoms. The summed E-state index contributed by atoms with van der Waals surface area (Å²) in [6.07, 6.45) is 1.65. The molecule has 0 unspecified atom stereocenters. The second-order valence-corrected chi connectivity index (χ2v) is 8.66. The fourth-order valence-electron chi connectivity index (χ4n) is 3.81. The standard InChI is InChI=1S/C27H32N2O5/c1-6-16-33-22-9-7-8-20(17-22)24-23(26(31)27(32)29(24)15-14-28(4)5)25(30)19-10-12-21(13-11-19)34-18(2)3/h6-13,17-18,24,30H,1,14-16H2,2-5H3/b25-23+/t24-/m1/s1. The molecule has 1 aliphatic heterocycles. The molecule has 1 amide bonds. The molecule has 0 aliphatic carbocycles. The number of benzene rings is 2. The molecule has 1 fully saturated rings. The normalized spacial score (nSPS) is 17.5. The number of ether oxygens (including phenoxy) is 2. The fourth-order valence-corrected chi connectivity index (χ4v) is 3.81. The Morgan fingerprint density at radius 2 is 1.85 bits per heavy atom. The van der Waals surface area contributed by atoms with Crippen molar-refractivity contribution in [2.45, 2.75) is 26.0 Å². The van der Waals surface area contributed by atoms with Crippen molar-refractivity contribution < 1.29 is 24.2 Å². The van der Waals surface area contributed by atoms with Crippen molar-refractivity contribution in [3.63, 3.8) is 0 Å². The highest BCUT2D eigenvalue weighted by Crippen LogP contribution is 2.40. The van der Waals surface area contributed by atoms with Gasteiger partial charge in [0.2, 0.25) is 0 Å². The second-order valence-electron chi connectivity index (χ2n) is 8.66. The number of carbonyl (C=O) groups excluding carboxylic acids is 2. The fraction of sp³-hybridized carbons (Fsp3) is 0.333. The molecule has 180 valence electrons. The molecule has 0 aromatic heterocycles. The first-order valence-electron chi connectivity index (χ1n) is 11.3. The molecule has 1 N–H and O–H groups in total. The maximum absolute atomic E-state index is 13.1. The van der Waals surface area contributed by atoms with Crippen molar-refractivity contribution in [2.24, 2.45) is 0 Å². The highest BCUT2D eigenvalue weighted by atomic mass is 16.5. The predicted molar refractivity (Wildman–Crippen MR) is 132 cm³/mol. The minimum atomic E-state index is -0.737. The van der Waals surface area contributed by atoms with Gasteiger partial charge in [0.05, 0.1) is 17.7 Å². The third-order valence-electron chi connectivity index (χ3n) is 5.37. The average molecular weight is 465 g/mol. The van der Waals surface area contributed by atoms with Crippen LogP contribution in [0.4, 0.5) is 0 Å². The maximum Gasteiger partial charge on any atom is 0.295 e. The van der Waals surface area contributed by atoms with Gasteiger partial charge in [-0.25, -0.2) is 0 Å². The Kier molecular flexibility index (Phi) is 8.12. The summed E-state index contributed by atoms with van der Waals surface area (Å²) < 4.78 is 11.3. The smallest absolute Gasteiger partial charge is 0.295 e. The van der Waals surface area contributed by atoms with Gasteiger partial charge in [0.25, 0.3) is 11.7 Å². The number of likely N-dealkylation sites (tertiary alicyclic amines) is 1. The SMILES string of the molecule is C=CCOc1cccc([C@@H]2/C(=C(\O)c3ccc(OC(C)C)cc3)C(=O)C(=O)N2CCN(C)C)c1. The zero-order valence-corrected chi connectivity index (χ0v) is 20.2. The molecule has 1 saturated heterocycles. The molecular formula is C27H32N2O5. The monoisotopic (exact) mass is 464 g/mol. The Hall–Kier alpha value is -3.58. The number of Topliss-reactive ketones (excluding diaryl/α,β-unsaturated/α-hetero) is 1. The van der Waals surface area contributed by atoms with Crippen LogP contribution in [0.15, 0.2) is 66.8 Å². The maximum atomic E-state index is 13.1. The van der Waals surface area contributed by atoms with Crippen LogP contribution in [0.2, 0.25) is 0 Å². The van der Waals surface area contributed by atoms with E-state index < -0.39 is 17.7 Å². The van der Waals surface area contributed by atoms with Crippen molar-refractivity contribution >= 4 is 17.4 Å². The molecule has 2 aromatic rings. The van der Waals surface area contributed by atoms with Gasteiger partial charge in [-0.1, -0.05) is 24.8 Å². The van der Waals surface area contributed by atoms with Gasteiger partial charge in [0, 0.05) is 18.7 Å². The number of hydrogen-bond acceptors (Lipinski definition) is 6. The summed E-state index contributed by atoms with van der Waals surface area (Å²) in [4.78, 5) is 29.6. The number of ketones is 1. The van der Waals surface area contributed by atoms with E-state index in [0.29, 0.717) is 42.3 Å². The van der Waals surface area contributed by atoms with E-state index in [1.807, 2.05) is 38.9 Å². The molecule has 34 heavy (non-hydrogen) atoms. The van der Waals surface area contributed by atoms with E-state index in [-0.39, 0.29) is 17.4 Å². The van der Waals surface area contributed by atoms with Gasteiger partial charge in [0.1, 0.15) is 23.9 Å². The van der Waals surface area contributed by atoms with E-state index in [0.717, 1.165) is 0 Å². The summed E-state index contributed by atoms with van der Waals surface area (Å²) in [7, 11) is 3.80. The number of aliphatic hydroxyl groups excluding tert-OH is 1. The van der Waals surface area contributed by atoms with Crippen LogP contribution in [0.25, 0.3) is 5.76 Å². The molecule has 0 spiro atoms. The van der Waals surface area contributed by atoms with Gasteiger partial charge >= 0.3 is 0 Å². The van der Waals surface area contributed by atoms with Crippen molar-refractivity contribution in [1.29, 1.82) is 0 Å². The van der Waals surface area contributed by atoms with E-state index in [1.165, 1.54) is 4.90 Å². The Morgan fingerprint density at radius 3 is 2.47 bits per heavy atom. The highest BCUT2D eigenvalue weighted by Gasteiger charge is 2.46. The quantitative estimate of drug-likeness (QED) is 0.248. The molecule has 7 nitrogen and oxygen atoms in total. The third-order valence-corrected chi connectivity index (χ3v) is 5.37. The van der Waals surface area contributed by atoms with Crippen LogP contribution in [0.5, 0.6) is 11.5 Å². The lowest BCUT2D eigenvalue weighted by Gasteiger charge is -2.27. The highest BCUT2D eigenvalue weighted by molar-refractivity contribution is 6.46. The summed E-state index contributed by atoms with van der Waals surface area (Å²) in [6, 6.07) is 13.3. The van der Waals surface area contributed by atoms with E-state index in [1.54, 1.807) is 48.5 Å². The van der Waals surface area contributed by atoms with Gasteiger partial charge in [0.15, 0.2) is 0 Å². The molecule has 1 atom stereocenters. The van der Waals surface area contributed by atoms with Crippen LogP contribution in [-0.2, 0) is 9.59 Å². The number of likely N-dealkylation sites (N-methyl/N-ethyl adjacent to an activating group) is 1. The van der Waals surface area contributed by atoms with Gasteiger partial charge in [-0.3, -0.25) is 9.59 Å². The summed E-state index contributed by atoms with van der Waals surface area (Å²) in [5.41, 5.74) is 1.17. The molecule has 0 saturated carbocycles. The van der Waals surface area contributed by atoms with Crippen LogP contribution in [0, 0.1) is 0 Å². The van der Waals surface area contributed by atoms with Gasteiger partial charge in [-0.15, -0.1) is 0 Å². The topological polar surface area (TPSA) is 79.3 Å². The third kappa shape index (κ3) is 5.66. The molecule has 2 aromatic carbocycles. The lowest BCUT2D eigenvalue weighted by Crippen LogP contribution is -2.35. The van der Waals surface area contributed by atoms with Crippen LogP contribution in [-0.4, -0.2) is 66.5 Å². The number of aliphatic hydroxyl groups is 1. The molecule has 3 rings (SSSR count). The van der Waals surface area contributed by atoms with Crippen molar-refractivity contribution in [2.75, 3.05) is 33.8 Å². The Morgan fingerprint density at radius 1 is 1.15 bits per heavy atom. The minimum absolute atomic E-state index is 0.0112. The summed E-state index contributed by atoms with van der Waals surface area (Å²) in [5.74, 6) is -0.316. The summed E-state index contributed by atoms with van der Waals surface area (Å²) in [5, 5.41) is 11.2. The molecule has 0 radical (unpaired) electrons. The van der Waals surface area contributed by atoms with E-state index in [2.05, 4.69) is 6.58 Å². The lowest BCUT2D eigenvalue weighted by molar-refractivity contribution is -0.140. The van der Waals surface area contributed by atoms with Gasteiger partial charge < -0.3 is 24.4 Å². The van der Waals surface area contributed by atoms with Crippen LogP contribution < -0.4 is 9.47 Å². The molecule has 1 heterocycles. The van der Waals surface area contributed by atoms with Crippen LogP contribution in [0.1, 0.15) is 31.0 Å². The molecule has 1 aliphatic rings. The average Bonchev–Trinajstić information content (AvgIpc) is 3.06. The zero-order valence-electron chi connectivity index (χ0n) is 20.2. The lowest BCUT2D eigenvalue weighted by atomic mass is 9.95. The largest absolute Gasteiger partial charge is 0.507 e. The second kappa shape index (κ2) is 11.0. The van der Waals surface area contributed by atoms with E-state index >= 15 is 0 Å². The van der Waals surface area contributed by atoms with Gasteiger partial charge in [-0.2, -0.15) is 0 Å². The van der Waals surface area contributed by atoms with E-state index in [9.17, 15) is 14.7 Å². The number of amides is 1. The Balaban J connectivity index is 2.08. The van der Waals surface area contributed by atoms with Crippen molar-refractivity contribution in [1.82, 2.24) is 9.80 Å². The number of nitrogens with zero attached hydrogens (tertiary/aromatic N) is 2. The van der Waals surface area contributed by atoms with Crippen molar-refractivity contribution in [3.8, 4) is 11.5 Å². The number of carbonyl (C=O) groups is 2.